The lowest BCUT2D eigenvalue weighted by molar-refractivity contribution is 0.506. The van der Waals surface area contributed by atoms with Gasteiger partial charge in [-0.2, -0.15) is 5.10 Å². The number of nitrogens with zero attached hydrogens (tertiary/aromatic N) is 2. The van der Waals surface area contributed by atoms with Gasteiger partial charge in [0.25, 0.3) is 0 Å². The molecule has 0 aliphatic carbocycles. The van der Waals surface area contributed by atoms with Crippen molar-refractivity contribution in [1.29, 1.82) is 0 Å². The number of thiazole rings is 1. The minimum atomic E-state index is 0.215. The third-order valence-corrected chi connectivity index (χ3v) is 4.24. The van der Waals surface area contributed by atoms with Crippen LogP contribution in [0.1, 0.15) is 38.3 Å². The van der Waals surface area contributed by atoms with E-state index in [2.05, 4.69) is 60.5 Å². The number of hydrogen-bond acceptors (Lipinski definition) is 5. The van der Waals surface area contributed by atoms with Crippen LogP contribution in [0.5, 0.6) is 0 Å². The molecule has 0 amide bonds. The normalized spacial score (nSPS) is 11.9. The fraction of sp³-hybridized carbons (Fsp3) is 0.333. The highest BCUT2D eigenvalue weighted by atomic mass is 32.1. The first-order valence-corrected chi connectivity index (χ1v) is 7.50. The van der Waals surface area contributed by atoms with Gasteiger partial charge in [-0.3, -0.25) is 5.43 Å². The summed E-state index contributed by atoms with van der Waals surface area (Å²) < 4.78 is 0. The molecule has 0 aliphatic rings. The molecule has 0 aliphatic heterocycles. The van der Waals surface area contributed by atoms with Crippen LogP contribution in [0.3, 0.4) is 0 Å². The molecule has 1 aromatic carbocycles. The van der Waals surface area contributed by atoms with Crippen molar-refractivity contribution in [1.82, 2.24) is 4.98 Å². The lowest BCUT2D eigenvalue weighted by atomic mass is 9.82. The van der Waals surface area contributed by atoms with Crippen LogP contribution in [0.15, 0.2) is 34.7 Å². The van der Waals surface area contributed by atoms with E-state index in [0.717, 1.165) is 12.0 Å². The van der Waals surface area contributed by atoms with Gasteiger partial charge in [0, 0.05) is 5.38 Å². The number of benzene rings is 1. The van der Waals surface area contributed by atoms with Crippen molar-refractivity contribution in [2.75, 3.05) is 11.2 Å². The van der Waals surface area contributed by atoms with Crippen molar-refractivity contribution in [3.05, 3.63) is 40.8 Å². The molecule has 2 rings (SSSR count). The van der Waals surface area contributed by atoms with Gasteiger partial charge in [0.15, 0.2) is 0 Å². The molecule has 2 aromatic rings. The second-order valence-corrected chi connectivity index (χ2v) is 6.17. The van der Waals surface area contributed by atoms with Crippen LogP contribution in [0.4, 0.5) is 10.9 Å². The zero-order valence-corrected chi connectivity index (χ0v) is 12.9. The molecule has 5 heteroatoms. The molecule has 1 heterocycles. The minimum Gasteiger partial charge on any atom is -0.383 e. The van der Waals surface area contributed by atoms with Crippen molar-refractivity contribution in [3.63, 3.8) is 0 Å². The molecule has 0 saturated heterocycles. The Labute approximate surface area is 123 Å². The van der Waals surface area contributed by atoms with Gasteiger partial charge in [-0.15, -0.1) is 11.3 Å². The molecular formula is C15H20N4S. The summed E-state index contributed by atoms with van der Waals surface area (Å²) in [5.74, 6) is 0.513. The van der Waals surface area contributed by atoms with Crippen molar-refractivity contribution in [2.45, 2.75) is 32.6 Å². The van der Waals surface area contributed by atoms with Gasteiger partial charge in [0.05, 0.1) is 6.21 Å². The number of aromatic nitrogens is 1. The Hall–Kier alpha value is -1.88. The number of hydrogen-bond donors (Lipinski definition) is 2. The summed E-state index contributed by atoms with van der Waals surface area (Å²) in [5, 5.41) is 6.63. The largest absolute Gasteiger partial charge is 0.383 e. The molecule has 0 unspecified atom stereocenters. The van der Waals surface area contributed by atoms with Crippen molar-refractivity contribution in [2.24, 2.45) is 5.10 Å². The van der Waals surface area contributed by atoms with Crippen molar-refractivity contribution in [3.8, 4) is 0 Å². The lowest BCUT2D eigenvalue weighted by Crippen LogP contribution is -2.15. The molecule has 3 N–H and O–H groups in total. The zero-order valence-electron chi connectivity index (χ0n) is 12.1. The first kappa shape index (κ1) is 14.5. The second kappa shape index (κ2) is 6.05. The average Bonchev–Trinajstić information content (AvgIpc) is 2.85. The SMILES string of the molecule is CCC(C)(C)c1ccc(C=NNc2nc(N)cs2)cc1. The number of nitrogen functional groups attached to an aromatic ring is 1. The third-order valence-electron chi connectivity index (χ3n) is 3.47. The van der Waals surface area contributed by atoms with E-state index < -0.39 is 0 Å². The van der Waals surface area contributed by atoms with Crippen molar-refractivity contribution < 1.29 is 0 Å². The number of nitrogens with one attached hydrogen (secondary N) is 1. The zero-order chi connectivity index (χ0) is 14.6. The van der Waals surface area contributed by atoms with E-state index in [0.29, 0.717) is 10.9 Å². The van der Waals surface area contributed by atoms with Crippen LogP contribution >= 0.6 is 11.3 Å². The van der Waals surface area contributed by atoms with Crippen LogP contribution in [-0.4, -0.2) is 11.2 Å². The van der Waals surface area contributed by atoms with Gasteiger partial charge in [-0.1, -0.05) is 45.0 Å². The van der Waals surface area contributed by atoms with Crippen LogP contribution in [0.2, 0.25) is 0 Å². The maximum absolute atomic E-state index is 5.54. The minimum absolute atomic E-state index is 0.215. The molecule has 0 atom stereocenters. The summed E-state index contributed by atoms with van der Waals surface area (Å²) in [6.07, 6.45) is 2.90. The van der Waals surface area contributed by atoms with E-state index >= 15 is 0 Å². The number of hydrazone groups is 1. The predicted octanol–water partition coefficient (Wildman–Crippen LogP) is 3.86. The van der Waals surface area contributed by atoms with Crippen LogP contribution in [-0.2, 0) is 5.41 Å². The molecule has 4 nitrogen and oxygen atoms in total. The Balaban J connectivity index is 2.00. The maximum Gasteiger partial charge on any atom is 0.205 e. The Kier molecular flexibility index (Phi) is 4.39. The monoisotopic (exact) mass is 288 g/mol. The standard InChI is InChI=1S/C15H20N4S/c1-4-15(2,3)12-7-5-11(6-8-12)9-17-19-14-18-13(16)10-20-14/h5-10H,4,16H2,1-3H3,(H,18,19). The maximum atomic E-state index is 5.54. The highest BCUT2D eigenvalue weighted by Gasteiger charge is 2.17. The smallest absolute Gasteiger partial charge is 0.205 e. The molecule has 20 heavy (non-hydrogen) atoms. The van der Waals surface area contributed by atoms with Gasteiger partial charge < -0.3 is 5.73 Å². The fourth-order valence-electron chi connectivity index (χ4n) is 1.72. The van der Waals surface area contributed by atoms with E-state index in [1.807, 2.05) is 0 Å². The fourth-order valence-corrected chi connectivity index (χ4v) is 2.27. The Bertz CT molecular complexity index is 584. The van der Waals surface area contributed by atoms with Gasteiger partial charge in [-0.25, -0.2) is 4.98 Å². The van der Waals surface area contributed by atoms with Gasteiger partial charge in [0.2, 0.25) is 5.13 Å². The van der Waals surface area contributed by atoms with Gasteiger partial charge in [-0.05, 0) is 23.0 Å². The highest BCUT2D eigenvalue weighted by molar-refractivity contribution is 7.14. The van der Waals surface area contributed by atoms with E-state index in [9.17, 15) is 0 Å². The molecule has 106 valence electrons. The average molecular weight is 288 g/mol. The summed E-state index contributed by atoms with van der Waals surface area (Å²) in [5.41, 5.74) is 11.0. The van der Waals surface area contributed by atoms with Crippen LogP contribution in [0.25, 0.3) is 0 Å². The summed E-state index contributed by atoms with van der Waals surface area (Å²) in [7, 11) is 0. The summed E-state index contributed by atoms with van der Waals surface area (Å²) >= 11 is 1.43. The van der Waals surface area contributed by atoms with E-state index in [4.69, 9.17) is 5.73 Å². The molecule has 0 fully saturated rings. The molecular weight excluding hydrogens is 268 g/mol. The Morgan fingerprint density at radius 2 is 2.05 bits per heavy atom. The lowest BCUT2D eigenvalue weighted by Gasteiger charge is -2.23. The van der Waals surface area contributed by atoms with Gasteiger partial charge >= 0.3 is 0 Å². The van der Waals surface area contributed by atoms with E-state index in [-0.39, 0.29) is 5.41 Å². The molecule has 0 spiro atoms. The van der Waals surface area contributed by atoms with Crippen LogP contribution in [0, 0.1) is 0 Å². The first-order valence-electron chi connectivity index (χ1n) is 6.62. The van der Waals surface area contributed by atoms with Crippen LogP contribution < -0.4 is 11.2 Å². The second-order valence-electron chi connectivity index (χ2n) is 5.31. The first-order chi connectivity index (χ1) is 9.51. The quantitative estimate of drug-likeness (QED) is 0.648. The van der Waals surface area contributed by atoms with Gasteiger partial charge in [0.1, 0.15) is 5.82 Å². The van der Waals surface area contributed by atoms with Crippen molar-refractivity contribution >= 4 is 28.5 Å². The number of nitrogens with two attached hydrogens (primary N) is 1. The summed E-state index contributed by atoms with van der Waals surface area (Å²) in [6.45, 7) is 6.72. The third kappa shape index (κ3) is 3.57. The summed E-state index contributed by atoms with van der Waals surface area (Å²) in [4.78, 5) is 4.07. The van der Waals surface area contributed by atoms with E-state index in [1.165, 1.54) is 16.9 Å². The highest BCUT2D eigenvalue weighted by Crippen LogP contribution is 2.26. The summed E-state index contributed by atoms with van der Waals surface area (Å²) in [6, 6.07) is 8.47. The van der Waals surface area contributed by atoms with E-state index in [1.54, 1.807) is 11.6 Å². The predicted molar refractivity (Wildman–Crippen MR) is 87.5 cm³/mol. The Morgan fingerprint density at radius 3 is 2.60 bits per heavy atom. The Morgan fingerprint density at radius 1 is 1.35 bits per heavy atom. The molecule has 0 saturated carbocycles. The number of anilines is 2. The molecule has 0 radical (unpaired) electrons. The molecule has 0 bridgehead atoms. The topological polar surface area (TPSA) is 63.3 Å². The molecule has 1 aromatic heterocycles. The number of rotatable bonds is 5.